The number of pyridine rings is 1. The first-order valence-electron chi connectivity index (χ1n) is 6.24. The number of nitrogens with two attached hydrogens (primary N) is 1. The predicted molar refractivity (Wildman–Crippen MR) is 73.2 cm³/mol. The van der Waals surface area contributed by atoms with Crippen LogP contribution in [0, 0.1) is 0 Å². The SMILES string of the molecule is CCCN1CCN(Cc2cc(NN)ccn2)S1(=O)=O. The van der Waals surface area contributed by atoms with Gasteiger partial charge in [0.25, 0.3) is 10.2 Å². The van der Waals surface area contributed by atoms with E-state index in [4.69, 9.17) is 5.84 Å². The maximum Gasteiger partial charge on any atom is 0.282 e. The molecule has 0 saturated carbocycles. The van der Waals surface area contributed by atoms with E-state index in [1.165, 1.54) is 8.61 Å². The normalized spacial score (nSPS) is 19.7. The van der Waals surface area contributed by atoms with Crippen LogP contribution in [0.5, 0.6) is 0 Å². The number of anilines is 1. The lowest BCUT2D eigenvalue weighted by molar-refractivity contribution is 0.436. The largest absolute Gasteiger partial charge is 0.324 e. The van der Waals surface area contributed by atoms with Crippen LogP contribution in [0.1, 0.15) is 19.0 Å². The molecule has 0 aliphatic carbocycles. The van der Waals surface area contributed by atoms with E-state index in [-0.39, 0.29) is 6.54 Å². The topological polar surface area (TPSA) is 91.6 Å². The van der Waals surface area contributed by atoms with Crippen LogP contribution in [0.15, 0.2) is 18.3 Å². The highest BCUT2D eigenvalue weighted by atomic mass is 32.2. The third kappa shape index (κ3) is 3.03. The second-order valence-corrected chi connectivity index (χ2v) is 6.35. The van der Waals surface area contributed by atoms with Crippen molar-refractivity contribution >= 4 is 15.9 Å². The van der Waals surface area contributed by atoms with Crippen molar-refractivity contribution in [2.24, 2.45) is 5.84 Å². The Hall–Kier alpha value is -1.22. The van der Waals surface area contributed by atoms with Gasteiger partial charge in [-0.2, -0.15) is 17.0 Å². The van der Waals surface area contributed by atoms with Gasteiger partial charge in [-0.1, -0.05) is 6.92 Å². The van der Waals surface area contributed by atoms with E-state index in [9.17, 15) is 8.42 Å². The molecule has 1 aromatic rings. The van der Waals surface area contributed by atoms with Gasteiger partial charge in [-0.05, 0) is 18.6 Å². The molecule has 106 valence electrons. The van der Waals surface area contributed by atoms with Crippen molar-refractivity contribution in [2.45, 2.75) is 19.9 Å². The summed E-state index contributed by atoms with van der Waals surface area (Å²) in [7, 11) is -3.33. The van der Waals surface area contributed by atoms with Crippen molar-refractivity contribution in [1.29, 1.82) is 0 Å². The zero-order valence-electron chi connectivity index (χ0n) is 10.9. The van der Waals surface area contributed by atoms with Gasteiger partial charge in [0.1, 0.15) is 0 Å². The zero-order chi connectivity index (χ0) is 13.9. The number of hydrazine groups is 1. The molecule has 1 aliphatic rings. The second-order valence-electron chi connectivity index (χ2n) is 4.42. The number of nitrogens with zero attached hydrogens (tertiary/aromatic N) is 3. The molecule has 2 heterocycles. The monoisotopic (exact) mass is 285 g/mol. The Morgan fingerprint density at radius 1 is 1.42 bits per heavy atom. The van der Waals surface area contributed by atoms with Gasteiger partial charge in [0.2, 0.25) is 0 Å². The van der Waals surface area contributed by atoms with Crippen molar-refractivity contribution < 1.29 is 8.42 Å². The maximum atomic E-state index is 12.2. The Balaban J connectivity index is 2.11. The first-order valence-corrected chi connectivity index (χ1v) is 7.64. The molecule has 0 aromatic carbocycles. The molecule has 7 nitrogen and oxygen atoms in total. The quantitative estimate of drug-likeness (QED) is 0.593. The summed E-state index contributed by atoms with van der Waals surface area (Å²) in [5, 5.41) is 0. The minimum absolute atomic E-state index is 0.276. The molecule has 0 atom stereocenters. The molecule has 0 radical (unpaired) electrons. The molecule has 8 heteroatoms. The van der Waals surface area contributed by atoms with E-state index in [1.807, 2.05) is 6.92 Å². The molecular weight excluding hydrogens is 266 g/mol. The van der Waals surface area contributed by atoms with Crippen LogP contribution in [0.4, 0.5) is 5.69 Å². The van der Waals surface area contributed by atoms with Crippen molar-refractivity contribution in [1.82, 2.24) is 13.6 Å². The molecular formula is C11H19N5O2S. The number of rotatable bonds is 5. The summed E-state index contributed by atoms with van der Waals surface area (Å²) < 4.78 is 27.4. The van der Waals surface area contributed by atoms with Gasteiger partial charge in [-0.3, -0.25) is 10.8 Å². The Morgan fingerprint density at radius 2 is 2.16 bits per heavy atom. The molecule has 0 bridgehead atoms. The van der Waals surface area contributed by atoms with Crippen LogP contribution in [0.3, 0.4) is 0 Å². The van der Waals surface area contributed by atoms with Crippen LogP contribution < -0.4 is 11.3 Å². The smallest absolute Gasteiger partial charge is 0.282 e. The van der Waals surface area contributed by atoms with E-state index in [0.717, 1.165) is 6.42 Å². The lowest BCUT2D eigenvalue weighted by Gasteiger charge is -2.17. The molecule has 0 unspecified atom stereocenters. The van der Waals surface area contributed by atoms with Crippen molar-refractivity contribution in [3.63, 3.8) is 0 Å². The number of hydrogen-bond acceptors (Lipinski definition) is 5. The Labute approximate surface area is 113 Å². The first kappa shape index (κ1) is 14.2. The third-order valence-electron chi connectivity index (χ3n) is 3.05. The molecule has 1 aromatic heterocycles. The van der Waals surface area contributed by atoms with Crippen molar-refractivity contribution in [3.8, 4) is 0 Å². The molecule has 0 amide bonds. The fourth-order valence-electron chi connectivity index (χ4n) is 2.09. The van der Waals surface area contributed by atoms with E-state index < -0.39 is 10.2 Å². The van der Waals surface area contributed by atoms with Gasteiger partial charge in [-0.15, -0.1) is 0 Å². The fraction of sp³-hybridized carbons (Fsp3) is 0.545. The lowest BCUT2D eigenvalue weighted by Crippen LogP contribution is -2.33. The summed E-state index contributed by atoms with van der Waals surface area (Å²) in [6.45, 7) is 3.86. The highest BCUT2D eigenvalue weighted by Crippen LogP contribution is 2.19. The van der Waals surface area contributed by atoms with Gasteiger partial charge in [0, 0.05) is 25.8 Å². The summed E-state index contributed by atoms with van der Waals surface area (Å²) in [5.41, 5.74) is 3.92. The molecule has 1 saturated heterocycles. The molecule has 0 spiro atoms. The van der Waals surface area contributed by atoms with E-state index in [0.29, 0.717) is 31.0 Å². The second kappa shape index (κ2) is 5.83. The molecule has 1 fully saturated rings. The number of nitrogens with one attached hydrogen (secondary N) is 1. The molecule has 19 heavy (non-hydrogen) atoms. The highest BCUT2D eigenvalue weighted by molar-refractivity contribution is 7.87. The highest BCUT2D eigenvalue weighted by Gasteiger charge is 2.35. The Bertz CT molecular complexity index is 534. The molecule has 3 N–H and O–H groups in total. The van der Waals surface area contributed by atoms with Gasteiger partial charge < -0.3 is 5.43 Å². The van der Waals surface area contributed by atoms with Crippen molar-refractivity contribution in [2.75, 3.05) is 25.1 Å². The van der Waals surface area contributed by atoms with Crippen LogP contribution in [-0.4, -0.2) is 41.6 Å². The standard InChI is InChI=1S/C11H19N5O2S/c1-2-5-15-6-7-16(19(15,17)18)9-11-8-10(14-12)3-4-13-11/h3-4,8H,2,5-7,9,12H2,1H3,(H,13,14). The molecule has 1 aliphatic heterocycles. The fourth-order valence-corrected chi connectivity index (χ4v) is 3.75. The average Bonchev–Trinajstić information content (AvgIpc) is 2.67. The average molecular weight is 285 g/mol. The van der Waals surface area contributed by atoms with Gasteiger partial charge in [0.05, 0.1) is 17.9 Å². The molecule has 2 rings (SSSR count). The minimum atomic E-state index is -3.33. The number of hydrogen-bond donors (Lipinski definition) is 2. The van der Waals surface area contributed by atoms with Gasteiger partial charge in [-0.25, -0.2) is 0 Å². The Morgan fingerprint density at radius 3 is 2.84 bits per heavy atom. The number of nitrogen functional groups attached to an aromatic ring is 1. The van der Waals surface area contributed by atoms with Gasteiger partial charge >= 0.3 is 0 Å². The zero-order valence-corrected chi connectivity index (χ0v) is 11.7. The summed E-state index contributed by atoms with van der Waals surface area (Å²) in [6.07, 6.45) is 2.43. The summed E-state index contributed by atoms with van der Waals surface area (Å²) in [6, 6.07) is 3.48. The van der Waals surface area contributed by atoms with Crippen LogP contribution in [0.2, 0.25) is 0 Å². The van der Waals surface area contributed by atoms with Crippen molar-refractivity contribution in [3.05, 3.63) is 24.0 Å². The van der Waals surface area contributed by atoms with E-state index in [1.54, 1.807) is 18.3 Å². The van der Waals surface area contributed by atoms with E-state index in [2.05, 4.69) is 10.4 Å². The van der Waals surface area contributed by atoms with Gasteiger partial charge in [0.15, 0.2) is 0 Å². The predicted octanol–water partition coefficient (Wildman–Crippen LogP) is 0.140. The first-order chi connectivity index (χ1) is 9.07. The summed E-state index contributed by atoms with van der Waals surface area (Å²) in [4.78, 5) is 4.17. The van der Waals surface area contributed by atoms with Crippen LogP contribution in [0.25, 0.3) is 0 Å². The third-order valence-corrected chi connectivity index (χ3v) is 5.03. The van der Waals surface area contributed by atoms with E-state index >= 15 is 0 Å². The minimum Gasteiger partial charge on any atom is -0.324 e. The van der Waals surface area contributed by atoms with Crippen LogP contribution in [-0.2, 0) is 16.8 Å². The lowest BCUT2D eigenvalue weighted by atomic mass is 10.3. The van der Waals surface area contributed by atoms with Crippen LogP contribution >= 0.6 is 0 Å². The maximum absolute atomic E-state index is 12.2. The number of aromatic nitrogens is 1. The Kier molecular flexibility index (Phi) is 4.35. The summed E-state index contributed by atoms with van der Waals surface area (Å²) >= 11 is 0. The summed E-state index contributed by atoms with van der Waals surface area (Å²) in [5.74, 6) is 5.32.